The van der Waals surface area contributed by atoms with E-state index in [2.05, 4.69) is 10.3 Å². The highest BCUT2D eigenvalue weighted by molar-refractivity contribution is 6.31. The summed E-state index contributed by atoms with van der Waals surface area (Å²) in [4.78, 5) is 32.2. The van der Waals surface area contributed by atoms with Crippen molar-refractivity contribution in [1.29, 1.82) is 0 Å². The van der Waals surface area contributed by atoms with Gasteiger partial charge in [0, 0.05) is 53.2 Å². The molecule has 0 bridgehead atoms. The van der Waals surface area contributed by atoms with E-state index in [0.717, 1.165) is 56.9 Å². The summed E-state index contributed by atoms with van der Waals surface area (Å²) in [7, 11) is 0. The summed E-state index contributed by atoms with van der Waals surface area (Å²) < 4.78 is 0. The molecular formula is C26H33ClN4O2. The standard InChI is InChI=1S/C26H33ClN4O2/c27-22-11-10-21(30-25(32)18-12-14-29-15-13-18)16-20(22)17-31(24-9-5-4-8-23(24)28)26(33)19-6-2-1-3-7-19/h10-16,19,23-24H,1-9,17,28H2,(H,30,32). The SMILES string of the molecule is NC1CCCCC1N(Cc1cc(NC(=O)c2ccncc2)ccc1Cl)C(=O)C1CCCCC1. The van der Waals surface area contributed by atoms with Gasteiger partial charge in [0.25, 0.3) is 5.91 Å². The first-order valence-electron chi connectivity index (χ1n) is 12.1. The van der Waals surface area contributed by atoms with Crippen molar-refractivity contribution < 1.29 is 9.59 Å². The molecule has 0 spiro atoms. The van der Waals surface area contributed by atoms with Crippen LogP contribution in [-0.4, -0.2) is 33.8 Å². The Labute approximate surface area is 200 Å². The summed E-state index contributed by atoms with van der Waals surface area (Å²) in [5.74, 6) is 0.0654. The number of carbonyl (C=O) groups is 2. The quantitative estimate of drug-likeness (QED) is 0.612. The lowest BCUT2D eigenvalue weighted by atomic mass is 9.85. The minimum absolute atomic E-state index is 0.0142. The summed E-state index contributed by atoms with van der Waals surface area (Å²) >= 11 is 6.57. The molecule has 2 aliphatic carbocycles. The Morgan fingerprint density at radius 2 is 1.70 bits per heavy atom. The topological polar surface area (TPSA) is 88.3 Å². The van der Waals surface area contributed by atoms with Gasteiger partial charge in [0.2, 0.25) is 5.91 Å². The molecule has 7 heteroatoms. The maximum absolute atomic E-state index is 13.7. The lowest BCUT2D eigenvalue weighted by Crippen LogP contribution is -2.53. The third kappa shape index (κ3) is 5.92. The molecule has 1 aromatic carbocycles. The molecule has 2 fully saturated rings. The van der Waals surface area contributed by atoms with Crippen LogP contribution in [0.1, 0.15) is 73.7 Å². The van der Waals surface area contributed by atoms with Crippen LogP contribution in [0.2, 0.25) is 5.02 Å². The van der Waals surface area contributed by atoms with E-state index >= 15 is 0 Å². The highest BCUT2D eigenvalue weighted by atomic mass is 35.5. The lowest BCUT2D eigenvalue weighted by molar-refractivity contribution is -0.141. The second-order valence-electron chi connectivity index (χ2n) is 9.31. The number of rotatable bonds is 6. The number of anilines is 1. The monoisotopic (exact) mass is 468 g/mol. The second kappa shape index (κ2) is 11.1. The van der Waals surface area contributed by atoms with Crippen molar-refractivity contribution in [2.45, 2.75) is 76.4 Å². The molecule has 2 aromatic rings. The van der Waals surface area contributed by atoms with Crippen LogP contribution in [0.3, 0.4) is 0 Å². The van der Waals surface area contributed by atoms with Gasteiger partial charge in [-0.2, -0.15) is 0 Å². The maximum Gasteiger partial charge on any atom is 0.255 e. The van der Waals surface area contributed by atoms with Crippen molar-refractivity contribution in [1.82, 2.24) is 9.88 Å². The number of nitrogens with one attached hydrogen (secondary N) is 1. The molecule has 0 radical (unpaired) electrons. The van der Waals surface area contributed by atoms with Gasteiger partial charge < -0.3 is 16.0 Å². The van der Waals surface area contributed by atoms with Crippen molar-refractivity contribution in [3.63, 3.8) is 0 Å². The van der Waals surface area contributed by atoms with Gasteiger partial charge in [-0.1, -0.05) is 43.7 Å². The van der Waals surface area contributed by atoms with E-state index in [1.54, 1.807) is 36.7 Å². The van der Waals surface area contributed by atoms with Gasteiger partial charge in [-0.25, -0.2) is 0 Å². The Kier molecular flexibility index (Phi) is 7.99. The Morgan fingerprint density at radius 1 is 1.00 bits per heavy atom. The molecule has 33 heavy (non-hydrogen) atoms. The van der Waals surface area contributed by atoms with Crippen molar-refractivity contribution in [2.24, 2.45) is 11.7 Å². The fourth-order valence-corrected chi connectivity index (χ4v) is 5.31. The zero-order valence-corrected chi connectivity index (χ0v) is 19.8. The summed E-state index contributed by atoms with van der Waals surface area (Å²) in [6.07, 6.45) is 12.6. The van der Waals surface area contributed by atoms with E-state index in [0.29, 0.717) is 22.8 Å². The number of hydrogen-bond acceptors (Lipinski definition) is 4. The van der Waals surface area contributed by atoms with Crippen LogP contribution in [-0.2, 0) is 11.3 Å². The van der Waals surface area contributed by atoms with Crippen LogP contribution >= 0.6 is 11.6 Å². The Bertz CT molecular complexity index is 962. The number of hydrogen-bond donors (Lipinski definition) is 2. The van der Waals surface area contributed by atoms with E-state index in [-0.39, 0.29) is 29.8 Å². The predicted molar refractivity (Wildman–Crippen MR) is 131 cm³/mol. The van der Waals surface area contributed by atoms with Crippen LogP contribution in [0.25, 0.3) is 0 Å². The van der Waals surface area contributed by atoms with E-state index in [9.17, 15) is 9.59 Å². The largest absolute Gasteiger partial charge is 0.334 e. The summed E-state index contributed by atoms with van der Waals surface area (Å²) in [6.45, 7) is 0.408. The molecule has 6 nitrogen and oxygen atoms in total. The third-order valence-corrected chi connectivity index (χ3v) is 7.37. The second-order valence-corrected chi connectivity index (χ2v) is 9.72. The van der Waals surface area contributed by atoms with Crippen LogP contribution < -0.4 is 11.1 Å². The van der Waals surface area contributed by atoms with Crippen molar-refractivity contribution in [3.8, 4) is 0 Å². The van der Waals surface area contributed by atoms with Crippen molar-refractivity contribution in [3.05, 3.63) is 58.9 Å². The molecule has 2 amide bonds. The summed E-state index contributed by atoms with van der Waals surface area (Å²) in [6, 6.07) is 8.78. The van der Waals surface area contributed by atoms with E-state index in [4.69, 9.17) is 17.3 Å². The van der Waals surface area contributed by atoms with Crippen molar-refractivity contribution in [2.75, 3.05) is 5.32 Å². The highest BCUT2D eigenvalue weighted by Crippen LogP contribution is 2.32. The van der Waals surface area contributed by atoms with E-state index in [1.807, 2.05) is 11.0 Å². The molecule has 176 valence electrons. The normalized spacial score (nSPS) is 21.4. The zero-order chi connectivity index (χ0) is 23.2. The van der Waals surface area contributed by atoms with Crippen LogP contribution in [0.15, 0.2) is 42.7 Å². The number of pyridine rings is 1. The van der Waals surface area contributed by atoms with Crippen LogP contribution in [0, 0.1) is 5.92 Å². The fraction of sp³-hybridized carbons (Fsp3) is 0.500. The molecule has 2 atom stereocenters. The van der Waals surface area contributed by atoms with Gasteiger partial charge in [0.05, 0.1) is 0 Å². The first-order chi connectivity index (χ1) is 16.0. The first-order valence-corrected chi connectivity index (χ1v) is 12.5. The molecule has 2 unspecified atom stereocenters. The Balaban J connectivity index is 1.56. The molecule has 1 aromatic heterocycles. The van der Waals surface area contributed by atoms with Crippen molar-refractivity contribution >= 4 is 29.1 Å². The molecular weight excluding hydrogens is 436 g/mol. The number of nitrogens with two attached hydrogens (primary N) is 1. The number of aromatic nitrogens is 1. The number of nitrogens with zero attached hydrogens (tertiary/aromatic N) is 2. The Morgan fingerprint density at radius 3 is 2.42 bits per heavy atom. The summed E-state index contributed by atoms with van der Waals surface area (Å²) in [5, 5.41) is 3.51. The van der Waals surface area contributed by atoms with Crippen LogP contribution in [0.5, 0.6) is 0 Å². The number of halogens is 1. The molecule has 4 rings (SSSR count). The molecule has 0 saturated heterocycles. The first kappa shape index (κ1) is 23.7. The van der Waals surface area contributed by atoms with Gasteiger partial charge in [-0.3, -0.25) is 14.6 Å². The van der Waals surface area contributed by atoms with Gasteiger partial charge in [-0.15, -0.1) is 0 Å². The maximum atomic E-state index is 13.7. The van der Waals surface area contributed by atoms with Gasteiger partial charge in [-0.05, 0) is 61.6 Å². The molecule has 3 N–H and O–H groups in total. The van der Waals surface area contributed by atoms with Gasteiger partial charge in [0.1, 0.15) is 0 Å². The van der Waals surface area contributed by atoms with E-state index in [1.165, 1.54) is 6.42 Å². The fourth-order valence-electron chi connectivity index (χ4n) is 5.13. The average Bonchev–Trinajstić information content (AvgIpc) is 2.85. The summed E-state index contributed by atoms with van der Waals surface area (Å²) in [5.41, 5.74) is 8.51. The predicted octanol–water partition coefficient (Wildman–Crippen LogP) is 5.17. The molecule has 2 saturated carbocycles. The average molecular weight is 469 g/mol. The number of amides is 2. The molecule has 2 aliphatic rings. The highest BCUT2D eigenvalue weighted by Gasteiger charge is 2.35. The lowest BCUT2D eigenvalue weighted by Gasteiger charge is -2.41. The molecule has 1 heterocycles. The minimum Gasteiger partial charge on any atom is -0.334 e. The van der Waals surface area contributed by atoms with Crippen LogP contribution in [0.4, 0.5) is 5.69 Å². The number of carbonyl (C=O) groups excluding carboxylic acids is 2. The number of benzene rings is 1. The third-order valence-electron chi connectivity index (χ3n) is 7.01. The van der Waals surface area contributed by atoms with Gasteiger partial charge in [0.15, 0.2) is 0 Å². The minimum atomic E-state index is -0.213. The molecule has 0 aliphatic heterocycles. The van der Waals surface area contributed by atoms with Gasteiger partial charge >= 0.3 is 0 Å². The Hall–Kier alpha value is -2.44. The smallest absolute Gasteiger partial charge is 0.255 e. The van der Waals surface area contributed by atoms with E-state index < -0.39 is 0 Å². The zero-order valence-electron chi connectivity index (χ0n) is 19.0.